The second-order valence-corrected chi connectivity index (χ2v) is 5.53. The van der Waals surface area contributed by atoms with E-state index in [9.17, 15) is 18.0 Å². The van der Waals surface area contributed by atoms with Crippen molar-refractivity contribution in [2.24, 2.45) is 7.05 Å². The summed E-state index contributed by atoms with van der Waals surface area (Å²) in [5, 5.41) is 9.58. The summed E-state index contributed by atoms with van der Waals surface area (Å²) < 4.78 is 40.6. The van der Waals surface area contributed by atoms with Crippen molar-refractivity contribution < 1.29 is 18.0 Å². The Balaban J connectivity index is 2.00. The maximum absolute atomic E-state index is 13.0. The zero-order valence-electron chi connectivity index (χ0n) is 13.6. The lowest BCUT2D eigenvalue weighted by Crippen LogP contribution is -2.31. The minimum atomic E-state index is -4.43. The highest BCUT2D eigenvalue weighted by atomic mass is 19.4. The zero-order valence-corrected chi connectivity index (χ0v) is 13.6. The Morgan fingerprint density at radius 3 is 2.58 bits per heavy atom. The van der Waals surface area contributed by atoms with Gasteiger partial charge in [-0.1, -0.05) is 18.2 Å². The van der Waals surface area contributed by atoms with E-state index in [0.717, 1.165) is 11.8 Å². The first-order valence-corrected chi connectivity index (χ1v) is 7.38. The molecule has 2 N–H and O–H groups in total. The molecule has 0 aliphatic rings. The van der Waals surface area contributed by atoms with Gasteiger partial charge < -0.3 is 10.6 Å². The van der Waals surface area contributed by atoms with Crippen LogP contribution in [0.4, 0.5) is 19.0 Å². The summed E-state index contributed by atoms with van der Waals surface area (Å²) in [5.74, 6) is 0.178. The van der Waals surface area contributed by atoms with Gasteiger partial charge in [0.05, 0.1) is 17.8 Å². The molecule has 0 spiro atoms. The third-order valence-corrected chi connectivity index (χ3v) is 3.57. The third kappa shape index (κ3) is 4.35. The Hall–Kier alpha value is -2.35. The molecular weight excluding hydrogens is 321 g/mol. The van der Waals surface area contributed by atoms with Crippen LogP contribution >= 0.6 is 0 Å². The smallest absolute Gasteiger partial charge is 0.310 e. The number of aromatic nitrogens is 2. The number of halogens is 3. The van der Waals surface area contributed by atoms with Crippen LogP contribution in [0.3, 0.4) is 0 Å². The highest BCUT2D eigenvalue weighted by molar-refractivity contribution is 5.91. The number of alkyl halides is 3. The molecule has 1 atom stereocenters. The molecule has 0 bridgehead atoms. The predicted molar refractivity (Wildman–Crippen MR) is 84.4 cm³/mol. The molecule has 0 saturated carbocycles. The number of amides is 1. The highest BCUT2D eigenvalue weighted by Crippen LogP contribution is 2.34. The minimum Gasteiger partial charge on any atom is -0.310 e. The average molecular weight is 340 g/mol. The molecule has 24 heavy (non-hydrogen) atoms. The number of carbonyl (C=O) groups excluding carboxylic acids is 1. The second kappa shape index (κ2) is 7.04. The van der Waals surface area contributed by atoms with Crippen LogP contribution in [-0.2, 0) is 18.0 Å². The van der Waals surface area contributed by atoms with Crippen LogP contribution in [-0.4, -0.2) is 22.2 Å². The fourth-order valence-corrected chi connectivity index (χ4v) is 2.40. The Morgan fingerprint density at radius 1 is 1.33 bits per heavy atom. The number of anilines is 1. The van der Waals surface area contributed by atoms with Crippen LogP contribution in [0, 0.1) is 6.92 Å². The molecule has 1 amide bonds. The predicted octanol–water partition coefficient (Wildman–Crippen LogP) is 3.04. The fraction of sp³-hybridized carbons (Fsp3) is 0.375. The van der Waals surface area contributed by atoms with Gasteiger partial charge in [0.2, 0.25) is 5.91 Å². The van der Waals surface area contributed by atoms with Crippen molar-refractivity contribution in [3.8, 4) is 0 Å². The van der Waals surface area contributed by atoms with E-state index >= 15 is 0 Å². The Morgan fingerprint density at radius 2 is 2.00 bits per heavy atom. The SMILES string of the molecule is Cc1cc(NC(=O)CN[C@H](C)c2ccccc2C(F)(F)F)n(C)n1. The summed E-state index contributed by atoms with van der Waals surface area (Å²) in [6.07, 6.45) is -4.43. The minimum absolute atomic E-state index is 0.106. The van der Waals surface area contributed by atoms with E-state index in [1.807, 2.05) is 0 Å². The summed E-state index contributed by atoms with van der Waals surface area (Å²) in [5.41, 5.74) is 0.162. The highest BCUT2D eigenvalue weighted by Gasteiger charge is 2.34. The second-order valence-electron chi connectivity index (χ2n) is 5.53. The maximum atomic E-state index is 13.0. The van der Waals surface area contributed by atoms with E-state index in [-0.39, 0.29) is 18.0 Å². The summed E-state index contributed by atoms with van der Waals surface area (Å²) in [7, 11) is 1.69. The molecule has 2 rings (SSSR count). The molecule has 130 valence electrons. The number of nitrogens with zero attached hydrogens (tertiary/aromatic N) is 2. The van der Waals surface area contributed by atoms with E-state index in [0.29, 0.717) is 5.82 Å². The van der Waals surface area contributed by atoms with Crippen molar-refractivity contribution in [2.75, 3.05) is 11.9 Å². The normalized spacial score (nSPS) is 12.9. The maximum Gasteiger partial charge on any atom is 0.416 e. The van der Waals surface area contributed by atoms with Crippen molar-refractivity contribution in [1.82, 2.24) is 15.1 Å². The molecule has 0 radical (unpaired) electrons. The summed E-state index contributed by atoms with van der Waals surface area (Å²) >= 11 is 0. The van der Waals surface area contributed by atoms with E-state index in [4.69, 9.17) is 0 Å². The molecule has 2 aromatic rings. The lowest BCUT2D eigenvalue weighted by molar-refractivity contribution is -0.138. The monoisotopic (exact) mass is 340 g/mol. The van der Waals surface area contributed by atoms with Gasteiger partial charge in [-0.3, -0.25) is 9.48 Å². The van der Waals surface area contributed by atoms with Gasteiger partial charge in [0, 0.05) is 19.2 Å². The molecular formula is C16H19F3N4O. The van der Waals surface area contributed by atoms with Crippen LogP contribution < -0.4 is 10.6 Å². The number of nitrogens with one attached hydrogen (secondary N) is 2. The first-order chi connectivity index (χ1) is 11.2. The van der Waals surface area contributed by atoms with Crippen LogP contribution in [0.2, 0.25) is 0 Å². The van der Waals surface area contributed by atoms with Crippen molar-refractivity contribution in [1.29, 1.82) is 0 Å². The topological polar surface area (TPSA) is 59.0 Å². The van der Waals surface area contributed by atoms with Gasteiger partial charge in [0.25, 0.3) is 0 Å². The molecule has 0 aliphatic carbocycles. The molecule has 0 aliphatic heterocycles. The van der Waals surface area contributed by atoms with Gasteiger partial charge in [-0.05, 0) is 25.5 Å². The largest absolute Gasteiger partial charge is 0.416 e. The molecule has 0 fully saturated rings. The molecule has 1 aromatic heterocycles. The molecule has 8 heteroatoms. The van der Waals surface area contributed by atoms with E-state index in [1.54, 1.807) is 33.0 Å². The number of hydrogen-bond donors (Lipinski definition) is 2. The molecule has 0 saturated heterocycles. The van der Waals surface area contributed by atoms with E-state index in [1.165, 1.54) is 16.8 Å². The zero-order chi connectivity index (χ0) is 17.9. The molecule has 1 heterocycles. The van der Waals surface area contributed by atoms with Crippen molar-refractivity contribution in [2.45, 2.75) is 26.1 Å². The lowest BCUT2D eigenvalue weighted by Gasteiger charge is -2.19. The van der Waals surface area contributed by atoms with Crippen molar-refractivity contribution in [3.05, 3.63) is 47.2 Å². The summed E-state index contributed by atoms with van der Waals surface area (Å²) in [6, 6.07) is 6.41. The van der Waals surface area contributed by atoms with Gasteiger partial charge >= 0.3 is 6.18 Å². The van der Waals surface area contributed by atoms with Crippen molar-refractivity contribution >= 4 is 11.7 Å². The number of rotatable bonds is 5. The first kappa shape index (κ1) is 18.0. The lowest BCUT2D eigenvalue weighted by atomic mass is 10.0. The number of hydrogen-bond acceptors (Lipinski definition) is 3. The average Bonchev–Trinajstić information content (AvgIpc) is 2.81. The number of aryl methyl sites for hydroxylation is 2. The Labute approximate surface area is 137 Å². The van der Waals surface area contributed by atoms with E-state index in [2.05, 4.69) is 15.7 Å². The third-order valence-electron chi connectivity index (χ3n) is 3.57. The van der Waals surface area contributed by atoms with Crippen LogP contribution in [0.5, 0.6) is 0 Å². The standard InChI is InChI=1S/C16H19F3N4O/c1-10-8-14(23(3)22-10)21-15(24)9-20-11(2)12-6-4-5-7-13(12)16(17,18)19/h4-8,11,20H,9H2,1-3H3,(H,21,24)/t11-/m1/s1. The van der Waals surface area contributed by atoms with Gasteiger partial charge in [-0.2, -0.15) is 18.3 Å². The summed E-state index contributed by atoms with van der Waals surface area (Å²) in [4.78, 5) is 12.0. The van der Waals surface area contributed by atoms with E-state index < -0.39 is 17.8 Å². The van der Waals surface area contributed by atoms with Crippen LogP contribution in [0.1, 0.15) is 29.8 Å². The summed E-state index contributed by atoms with van der Waals surface area (Å²) in [6.45, 7) is 3.27. The number of carbonyl (C=O) groups is 1. The Bertz CT molecular complexity index is 724. The molecule has 1 aromatic carbocycles. The fourth-order valence-electron chi connectivity index (χ4n) is 2.40. The van der Waals surface area contributed by atoms with Crippen molar-refractivity contribution in [3.63, 3.8) is 0 Å². The molecule has 5 nitrogen and oxygen atoms in total. The van der Waals surface area contributed by atoms with Gasteiger partial charge in [0.15, 0.2) is 0 Å². The number of benzene rings is 1. The quantitative estimate of drug-likeness (QED) is 0.880. The van der Waals surface area contributed by atoms with Gasteiger partial charge in [-0.25, -0.2) is 0 Å². The first-order valence-electron chi connectivity index (χ1n) is 7.38. The van der Waals surface area contributed by atoms with Gasteiger partial charge in [0.1, 0.15) is 5.82 Å². The molecule has 0 unspecified atom stereocenters. The van der Waals surface area contributed by atoms with Crippen LogP contribution in [0.25, 0.3) is 0 Å². The Kier molecular flexibility index (Phi) is 5.28. The van der Waals surface area contributed by atoms with Crippen LogP contribution in [0.15, 0.2) is 30.3 Å². The van der Waals surface area contributed by atoms with Gasteiger partial charge in [-0.15, -0.1) is 0 Å².